The Bertz CT molecular complexity index is 630. The fourth-order valence-corrected chi connectivity index (χ4v) is 1.58. The minimum Gasteiger partial charge on any atom is -0.271 e. The highest BCUT2D eigenvalue weighted by Crippen LogP contribution is 2.13. The number of benzene rings is 1. The molecule has 0 spiro atoms. The first-order valence-corrected chi connectivity index (χ1v) is 4.87. The summed E-state index contributed by atoms with van der Waals surface area (Å²) in [6, 6.07) is 11.4. The van der Waals surface area contributed by atoms with Crippen LogP contribution in [-0.2, 0) is 0 Å². The maximum absolute atomic E-state index is 5.54. The van der Waals surface area contributed by atoms with Crippen LogP contribution in [0.3, 0.4) is 0 Å². The standard InChI is InChI=1S/C11H7BN4/c12-11-6-5-8(7-13-11)16-10-4-2-1-3-9(10)14-15-16/h1-7H. The summed E-state index contributed by atoms with van der Waals surface area (Å²) in [6.07, 6.45) is 1.68. The summed E-state index contributed by atoms with van der Waals surface area (Å²) in [6.45, 7) is 0. The third-order valence-electron chi connectivity index (χ3n) is 2.37. The van der Waals surface area contributed by atoms with Crippen LogP contribution >= 0.6 is 0 Å². The zero-order valence-corrected chi connectivity index (χ0v) is 8.41. The molecule has 3 aromatic rings. The molecule has 1 aromatic carbocycles. The van der Waals surface area contributed by atoms with E-state index >= 15 is 0 Å². The molecule has 0 amide bonds. The van der Waals surface area contributed by atoms with Crippen LogP contribution in [-0.4, -0.2) is 27.8 Å². The van der Waals surface area contributed by atoms with Gasteiger partial charge < -0.3 is 0 Å². The third kappa shape index (κ3) is 1.37. The van der Waals surface area contributed by atoms with Crippen LogP contribution in [0.25, 0.3) is 16.7 Å². The molecule has 0 atom stereocenters. The van der Waals surface area contributed by atoms with Crippen LogP contribution in [0, 0.1) is 0 Å². The number of fused-ring (bicyclic) bond motifs is 1. The zero-order valence-electron chi connectivity index (χ0n) is 8.41. The van der Waals surface area contributed by atoms with Crippen LogP contribution in [0.1, 0.15) is 0 Å². The molecular weight excluding hydrogens is 199 g/mol. The number of rotatable bonds is 1. The molecule has 2 heterocycles. The number of pyridine rings is 1. The maximum atomic E-state index is 5.54. The second-order valence-electron chi connectivity index (χ2n) is 3.43. The van der Waals surface area contributed by atoms with Crippen molar-refractivity contribution in [3.8, 4) is 5.69 Å². The Balaban J connectivity index is 2.22. The second-order valence-corrected chi connectivity index (χ2v) is 3.43. The SMILES string of the molecule is [B]c1ccc(-n2nnc3ccccc32)cn1. The Morgan fingerprint density at radius 1 is 1.06 bits per heavy atom. The van der Waals surface area contributed by atoms with Crippen molar-refractivity contribution in [3.63, 3.8) is 0 Å². The fraction of sp³-hybridized carbons (Fsp3) is 0. The van der Waals surface area contributed by atoms with Gasteiger partial charge in [-0.15, -0.1) is 5.10 Å². The molecule has 0 fully saturated rings. The van der Waals surface area contributed by atoms with Crippen molar-refractivity contribution in [2.75, 3.05) is 0 Å². The summed E-state index contributed by atoms with van der Waals surface area (Å²) in [5.41, 5.74) is 3.16. The normalized spacial score (nSPS) is 10.8. The lowest BCUT2D eigenvalue weighted by Gasteiger charge is -2.01. The second kappa shape index (κ2) is 3.45. The molecule has 0 aliphatic rings. The van der Waals surface area contributed by atoms with Crippen molar-refractivity contribution < 1.29 is 0 Å². The summed E-state index contributed by atoms with van der Waals surface area (Å²) < 4.78 is 1.74. The maximum Gasteiger partial charge on any atom is 0.141 e. The molecule has 16 heavy (non-hydrogen) atoms. The first-order chi connectivity index (χ1) is 7.84. The first-order valence-electron chi connectivity index (χ1n) is 4.87. The summed E-state index contributed by atoms with van der Waals surface area (Å²) in [4.78, 5) is 4.03. The predicted molar refractivity (Wildman–Crippen MR) is 62.0 cm³/mol. The molecule has 0 aliphatic heterocycles. The van der Waals surface area contributed by atoms with Crippen molar-refractivity contribution in [3.05, 3.63) is 42.6 Å². The molecular formula is C11H7BN4. The molecule has 0 unspecified atom stereocenters. The lowest BCUT2D eigenvalue weighted by molar-refractivity contribution is 0.821. The van der Waals surface area contributed by atoms with Crippen molar-refractivity contribution in [1.29, 1.82) is 0 Å². The van der Waals surface area contributed by atoms with Gasteiger partial charge in [0, 0.05) is 0 Å². The Hall–Kier alpha value is -2.17. The van der Waals surface area contributed by atoms with E-state index in [1.807, 2.05) is 30.3 Å². The van der Waals surface area contributed by atoms with E-state index in [2.05, 4.69) is 15.3 Å². The van der Waals surface area contributed by atoms with Crippen molar-refractivity contribution in [1.82, 2.24) is 20.0 Å². The van der Waals surface area contributed by atoms with Gasteiger partial charge in [0.05, 0.1) is 17.4 Å². The number of hydrogen-bond donors (Lipinski definition) is 0. The van der Waals surface area contributed by atoms with Gasteiger partial charge in [0.2, 0.25) is 0 Å². The average Bonchev–Trinajstić information content (AvgIpc) is 2.74. The minimum atomic E-state index is 0.494. The average molecular weight is 206 g/mol. The van der Waals surface area contributed by atoms with Crippen LogP contribution in [0.15, 0.2) is 42.6 Å². The quantitative estimate of drug-likeness (QED) is 0.548. The lowest BCUT2D eigenvalue weighted by atomic mass is 10.0. The van der Waals surface area contributed by atoms with Crippen LogP contribution in [0.5, 0.6) is 0 Å². The fourth-order valence-electron chi connectivity index (χ4n) is 1.58. The molecule has 4 nitrogen and oxygen atoms in total. The molecule has 0 N–H and O–H groups in total. The molecule has 0 saturated heterocycles. The highest BCUT2D eigenvalue weighted by molar-refractivity contribution is 6.30. The van der Waals surface area contributed by atoms with E-state index in [9.17, 15) is 0 Å². The Morgan fingerprint density at radius 3 is 2.75 bits per heavy atom. The van der Waals surface area contributed by atoms with E-state index < -0.39 is 0 Å². The smallest absolute Gasteiger partial charge is 0.141 e. The number of aromatic nitrogens is 4. The molecule has 3 rings (SSSR count). The molecule has 2 radical (unpaired) electrons. The Labute approximate surface area is 93.3 Å². The van der Waals surface area contributed by atoms with E-state index in [1.54, 1.807) is 16.9 Å². The highest BCUT2D eigenvalue weighted by atomic mass is 15.4. The molecule has 2 aromatic heterocycles. The summed E-state index contributed by atoms with van der Waals surface area (Å²) in [5.74, 6) is 0. The minimum absolute atomic E-state index is 0.494. The zero-order chi connectivity index (χ0) is 11.0. The van der Waals surface area contributed by atoms with E-state index in [-0.39, 0.29) is 0 Å². The van der Waals surface area contributed by atoms with E-state index in [0.717, 1.165) is 16.7 Å². The molecule has 5 heteroatoms. The Kier molecular flexibility index (Phi) is 1.96. The van der Waals surface area contributed by atoms with Gasteiger partial charge in [-0.1, -0.05) is 17.3 Å². The highest BCUT2D eigenvalue weighted by Gasteiger charge is 2.04. The van der Waals surface area contributed by atoms with Gasteiger partial charge in [0.25, 0.3) is 0 Å². The third-order valence-corrected chi connectivity index (χ3v) is 2.37. The van der Waals surface area contributed by atoms with Crippen LogP contribution in [0.4, 0.5) is 0 Å². The van der Waals surface area contributed by atoms with E-state index in [1.165, 1.54) is 0 Å². The Morgan fingerprint density at radius 2 is 1.94 bits per heavy atom. The van der Waals surface area contributed by atoms with E-state index in [0.29, 0.717) is 5.59 Å². The summed E-state index contributed by atoms with van der Waals surface area (Å²) in [5, 5.41) is 8.15. The van der Waals surface area contributed by atoms with Crippen LogP contribution < -0.4 is 5.59 Å². The van der Waals surface area contributed by atoms with Crippen molar-refractivity contribution in [2.24, 2.45) is 0 Å². The first kappa shape index (κ1) is 9.09. The van der Waals surface area contributed by atoms with Crippen molar-refractivity contribution in [2.45, 2.75) is 0 Å². The monoisotopic (exact) mass is 206 g/mol. The van der Waals surface area contributed by atoms with Gasteiger partial charge in [0.15, 0.2) is 0 Å². The van der Waals surface area contributed by atoms with E-state index in [4.69, 9.17) is 7.85 Å². The van der Waals surface area contributed by atoms with Crippen LogP contribution in [0.2, 0.25) is 0 Å². The van der Waals surface area contributed by atoms with Crippen molar-refractivity contribution >= 4 is 24.5 Å². The lowest BCUT2D eigenvalue weighted by Crippen LogP contribution is -2.08. The van der Waals surface area contributed by atoms with Gasteiger partial charge >= 0.3 is 0 Å². The topological polar surface area (TPSA) is 43.6 Å². The number of nitrogens with zero attached hydrogens (tertiary/aromatic N) is 4. The largest absolute Gasteiger partial charge is 0.271 e. The van der Waals surface area contributed by atoms with Gasteiger partial charge in [-0.3, -0.25) is 4.98 Å². The summed E-state index contributed by atoms with van der Waals surface area (Å²) in [7, 11) is 5.54. The molecule has 0 saturated carbocycles. The van der Waals surface area contributed by atoms with Gasteiger partial charge in [-0.2, -0.15) is 0 Å². The van der Waals surface area contributed by atoms with Gasteiger partial charge in [-0.05, 0) is 29.9 Å². The number of para-hydroxylation sites is 1. The molecule has 0 aliphatic carbocycles. The summed E-state index contributed by atoms with van der Waals surface area (Å²) >= 11 is 0. The number of hydrogen-bond acceptors (Lipinski definition) is 3. The molecule has 74 valence electrons. The van der Waals surface area contributed by atoms with Gasteiger partial charge in [-0.25, -0.2) is 4.68 Å². The van der Waals surface area contributed by atoms with Gasteiger partial charge in [0.1, 0.15) is 13.4 Å². The molecule has 0 bridgehead atoms. The predicted octanol–water partition coefficient (Wildman–Crippen LogP) is 0.609.